The molecule has 2 N–H and O–H groups in total. The molecule has 2 aliphatic rings. The summed E-state index contributed by atoms with van der Waals surface area (Å²) in [5.41, 5.74) is 7.37. The number of ketones is 2. The van der Waals surface area contributed by atoms with Gasteiger partial charge in [0.15, 0.2) is 11.6 Å². The molecule has 0 spiro atoms. The first kappa shape index (κ1) is 49.0. The fourth-order valence-electron chi connectivity index (χ4n) is 6.21. The molecule has 2 atom stereocenters. The van der Waals surface area contributed by atoms with Gasteiger partial charge in [-0.25, -0.2) is 6.21 Å². The number of hydrogen-bond acceptors (Lipinski definition) is 8. The van der Waals surface area contributed by atoms with E-state index in [4.69, 9.17) is 24.9 Å². The Labute approximate surface area is 342 Å². The number of nitrogens with zero attached hydrogens (tertiary/aromatic N) is 3. The fraction of sp³-hybridized carbons (Fsp3) is 0.535. The Morgan fingerprint density at radius 1 is 0.691 bits per heavy atom. The topological polar surface area (TPSA) is 158 Å². The molecule has 2 saturated heterocycles. The second-order valence-electron chi connectivity index (χ2n) is 15.0. The number of aliphatic imine (C=N–C) groups is 2. The molecule has 11 nitrogen and oxygen atoms in total. The van der Waals surface area contributed by atoms with Crippen LogP contribution in [0.25, 0.3) is 5.41 Å². The van der Waals surface area contributed by atoms with Crippen molar-refractivity contribution in [3.63, 3.8) is 0 Å². The summed E-state index contributed by atoms with van der Waals surface area (Å²) >= 11 is 0. The summed E-state index contributed by atoms with van der Waals surface area (Å²) in [5, 5.41) is 12.9. The van der Waals surface area contributed by atoms with E-state index in [1.54, 1.807) is 6.92 Å². The van der Waals surface area contributed by atoms with Crippen LogP contribution in [0.4, 0.5) is 11.4 Å². The van der Waals surface area contributed by atoms with Crippen LogP contribution in [0, 0.1) is 7.43 Å². The quantitative estimate of drug-likeness (QED) is 0.104. The first-order chi connectivity index (χ1) is 25.0. The molecule has 2 unspecified atom stereocenters. The third-order valence-electron chi connectivity index (χ3n) is 9.39. The molecule has 0 saturated carbocycles. The number of benzene rings is 2. The van der Waals surface area contributed by atoms with Crippen LogP contribution in [0.5, 0.6) is 11.5 Å². The van der Waals surface area contributed by atoms with Crippen LogP contribution in [0.15, 0.2) is 34.3 Å². The van der Waals surface area contributed by atoms with Crippen molar-refractivity contribution in [1.29, 1.82) is 0 Å². The van der Waals surface area contributed by atoms with Crippen LogP contribution < -0.4 is 20.1 Å². The van der Waals surface area contributed by atoms with E-state index < -0.39 is 12.1 Å². The zero-order valence-electron chi connectivity index (χ0n) is 34.7. The summed E-state index contributed by atoms with van der Waals surface area (Å²) in [6.07, 6.45) is 2.73. The van der Waals surface area contributed by atoms with E-state index in [1.165, 1.54) is 0 Å². The zero-order chi connectivity index (χ0) is 39.6. The van der Waals surface area contributed by atoms with Gasteiger partial charge in [0.2, 0.25) is 11.8 Å². The molecule has 0 aromatic heterocycles. The maximum absolute atomic E-state index is 12.7. The summed E-state index contributed by atoms with van der Waals surface area (Å²) in [6, 6.07) is 6.89. The molecule has 2 aliphatic heterocycles. The molecule has 2 amide bonds. The third kappa shape index (κ3) is 13.6. The predicted molar refractivity (Wildman–Crippen MR) is 220 cm³/mol. The van der Waals surface area contributed by atoms with Crippen LogP contribution in [0.3, 0.4) is 0 Å². The Morgan fingerprint density at radius 2 is 0.964 bits per heavy atom. The average Bonchev–Trinajstić information content (AvgIpc) is 3.74. The van der Waals surface area contributed by atoms with Gasteiger partial charge in [-0.15, -0.1) is 0 Å². The van der Waals surface area contributed by atoms with Gasteiger partial charge >= 0.3 is 20.4 Å². The number of hydrogen-bond donors (Lipinski definition) is 2. The summed E-state index contributed by atoms with van der Waals surface area (Å²) in [6.45, 7) is 22.2. The van der Waals surface area contributed by atoms with Gasteiger partial charge in [0.25, 0.3) is 0 Å². The van der Waals surface area contributed by atoms with Gasteiger partial charge in [-0.2, -0.15) is 0 Å². The van der Waals surface area contributed by atoms with Gasteiger partial charge in [-0.3, -0.25) is 29.2 Å². The minimum atomic E-state index is -0.488. The van der Waals surface area contributed by atoms with E-state index in [0.29, 0.717) is 37.2 Å². The second-order valence-corrected chi connectivity index (χ2v) is 15.0. The number of Topliss-reactive ketones (excluding diaryl/α,β-unsaturated/α-hetero) is 2. The minimum absolute atomic E-state index is 0. The molecule has 55 heavy (non-hydrogen) atoms. The van der Waals surface area contributed by atoms with E-state index in [0.717, 1.165) is 51.3 Å². The number of nitrogens with one attached hydrogen (secondary N) is 2. The molecule has 0 radical (unpaired) electrons. The van der Waals surface area contributed by atoms with E-state index >= 15 is 0 Å². The van der Waals surface area contributed by atoms with Crippen LogP contribution in [-0.4, -0.2) is 66.3 Å². The van der Waals surface area contributed by atoms with Crippen LogP contribution in [-0.2, 0) is 39.6 Å². The second kappa shape index (κ2) is 22.5. The fourth-order valence-corrected chi connectivity index (χ4v) is 6.21. The molecule has 0 bridgehead atoms. The first-order valence-electron chi connectivity index (χ1n) is 18.8. The van der Waals surface area contributed by atoms with Crippen molar-refractivity contribution in [2.75, 3.05) is 13.2 Å². The minimum Gasteiger partial charge on any atom is -0.814 e. The van der Waals surface area contributed by atoms with E-state index in [9.17, 15) is 19.2 Å². The van der Waals surface area contributed by atoms with Gasteiger partial charge in [0.1, 0.15) is 24.7 Å². The van der Waals surface area contributed by atoms with Crippen molar-refractivity contribution in [3.8, 4) is 11.5 Å². The van der Waals surface area contributed by atoms with Crippen LogP contribution in [0.1, 0.15) is 148 Å². The number of carbonyl (C=O) groups is 4. The van der Waals surface area contributed by atoms with Crippen molar-refractivity contribution in [2.45, 2.75) is 138 Å². The maximum atomic E-state index is 12.7. The molecule has 12 heteroatoms. The van der Waals surface area contributed by atoms with Gasteiger partial charge in [0.05, 0.1) is 34.9 Å². The molecule has 2 fully saturated rings. The van der Waals surface area contributed by atoms with Crippen LogP contribution in [0.2, 0.25) is 0 Å². The van der Waals surface area contributed by atoms with Crippen LogP contribution >= 0.6 is 0 Å². The standard InChI is InChI=1S/C40H54N4O6.C2H4N.CH3.Pd/c1-21(2)29-15-27(49-19-35(45)33-11-13-37(47)43-33)16-30(22(3)4)39(29)41-25(9)26(10)42-40-31(23(5)6)17-28(18-32(40)24(7)8)50-20-36(46)34-12-14-38(48)44-34;1-2-3;;/h15-18,21-24,33-34H,11-14,19-20H2,1-10H3,(H,43,47)(H,44,48);2H,1H3;1H3;/q;2*-1;+2. The molecule has 2 aromatic carbocycles. The Bertz CT molecular complexity index is 1560. The van der Waals surface area contributed by atoms with Crippen molar-refractivity contribution in [1.82, 2.24) is 10.6 Å². The van der Waals surface area contributed by atoms with E-state index in [2.05, 4.69) is 66.0 Å². The third-order valence-corrected chi connectivity index (χ3v) is 9.39. The van der Waals surface area contributed by atoms with Crippen molar-refractivity contribution < 1.29 is 49.1 Å². The monoisotopic (exact) mass is 849 g/mol. The zero-order valence-corrected chi connectivity index (χ0v) is 36.3. The van der Waals surface area contributed by atoms with E-state index in [-0.39, 0.29) is 88.1 Å². The molecule has 304 valence electrons. The number of carbonyl (C=O) groups excluding carboxylic acids is 4. The van der Waals surface area contributed by atoms with Gasteiger partial charge in [-0.05, 0) is 96.9 Å². The normalized spacial score (nSPS) is 16.9. The van der Waals surface area contributed by atoms with Crippen molar-refractivity contribution in [3.05, 3.63) is 59.4 Å². The van der Waals surface area contributed by atoms with Gasteiger partial charge < -0.3 is 32.9 Å². The summed E-state index contributed by atoms with van der Waals surface area (Å²) < 4.78 is 12.0. The Morgan fingerprint density at radius 3 is 1.18 bits per heavy atom. The van der Waals surface area contributed by atoms with Gasteiger partial charge in [-0.1, -0.05) is 62.3 Å². The molecular formula is C43H61N5O6Pd. The van der Waals surface area contributed by atoms with Gasteiger partial charge in [0, 0.05) is 12.8 Å². The summed E-state index contributed by atoms with van der Waals surface area (Å²) in [7, 11) is 0. The number of amides is 2. The van der Waals surface area contributed by atoms with E-state index in [1.807, 2.05) is 38.1 Å². The molecule has 2 heterocycles. The Balaban J connectivity index is 0.00000293. The predicted octanol–water partition coefficient (Wildman–Crippen LogP) is 8.61. The molecular weight excluding hydrogens is 789 g/mol. The number of ether oxygens (including phenoxy) is 2. The average molecular weight is 850 g/mol. The molecule has 0 aliphatic carbocycles. The maximum Gasteiger partial charge on any atom is 2.00 e. The van der Waals surface area contributed by atoms with Crippen molar-refractivity contribution >= 4 is 52.4 Å². The number of rotatable bonds is 15. The largest absolute Gasteiger partial charge is 2.00 e. The summed E-state index contributed by atoms with van der Waals surface area (Å²) in [5.74, 6) is 1.28. The first-order valence-corrected chi connectivity index (χ1v) is 18.8. The Kier molecular flexibility index (Phi) is 20.1. The van der Waals surface area contributed by atoms with Crippen molar-refractivity contribution in [2.24, 2.45) is 9.98 Å². The summed E-state index contributed by atoms with van der Waals surface area (Å²) in [4.78, 5) is 59.0. The molecule has 4 rings (SSSR count). The SMILES string of the molecule is CC(=Nc1c(C(C)C)cc(OCC(=O)C2CCC(=O)N2)cc1C(C)C)C(C)=Nc1c(C(C)C)cc(OCC(=O)C2CCC(=O)N2)cc1C(C)C.CC=[N-].[CH3-].[Pd+2]. The smallest absolute Gasteiger partial charge is 0.814 e. The molecule has 2 aromatic rings. The Hall–Kier alpha value is -4.01.